The average molecular weight is 585 g/mol. The SMILES string of the molecule is C#Cc1ccc(N2CCN(Cc3ccc(COc4cccc5c4CN([C@H]4CCC(=O)NC4=O)C5=O)cc3F)CC2)c(F)c1. The first-order valence-corrected chi connectivity index (χ1v) is 14.2. The largest absolute Gasteiger partial charge is 0.489 e. The maximum Gasteiger partial charge on any atom is 0.255 e. The second-order valence-electron chi connectivity index (χ2n) is 11.0. The van der Waals surface area contributed by atoms with Crippen LogP contribution in [0.1, 0.15) is 45.5 Å². The van der Waals surface area contributed by atoms with Gasteiger partial charge in [-0.2, -0.15) is 0 Å². The Morgan fingerprint density at radius 3 is 2.51 bits per heavy atom. The molecule has 3 aliphatic heterocycles. The summed E-state index contributed by atoms with van der Waals surface area (Å²) >= 11 is 0. The summed E-state index contributed by atoms with van der Waals surface area (Å²) in [4.78, 5) is 42.5. The maximum absolute atomic E-state index is 15.1. The lowest BCUT2D eigenvalue weighted by Gasteiger charge is -2.36. The molecule has 0 unspecified atom stereocenters. The molecule has 0 aliphatic carbocycles. The Bertz CT molecular complexity index is 1640. The first kappa shape index (κ1) is 28.4. The Hall–Kier alpha value is -4.75. The van der Waals surface area contributed by atoms with E-state index in [1.807, 2.05) is 11.0 Å². The van der Waals surface area contributed by atoms with E-state index in [0.29, 0.717) is 72.0 Å². The van der Waals surface area contributed by atoms with Gasteiger partial charge in [-0.3, -0.25) is 24.6 Å². The van der Waals surface area contributed by atoms with Crippen molar-refractivity contribution in [2.75, 3.05) is 31.1 Å². The predicted molar refractivity (Wildman–Crippen MR) is 155 cm³/mol. The lowest BCUT2D eigenvalue weighted by atomic mass is 10.0. The number of carbonyl (C=O) groups excluding carboxylic acids is 3. The molecule has 2 saturated heterocycles. The van der Waals surface area contributed by atoms with Gasteiger partial charge < -0.3 is 14.5 Å². The van der Waals surface area contributed by atoms with E-state index in [-0.39, 0.29) is 49.4 Å². The monoisotopic (exact) mass is 584 g/mol. The van der Waals surface area contributed by atoms with Crippen LogP contribution in [-0.4, -0.2) is 59.7 Å². The predicted octanol–water partition coefficient (Wildman–Crippen LogP) is 3.61. The number of ether oxygens (including phenoxy) is 1. The molecule has 6 rings (SSSR count). The van der Waals surface area contributed by atoms with Crippen LogP contribution in [-0.2, 0) is 29.3 Å². The number of halogens is 2. The molecule has 0 bridgehead atoms. The number of nitrogens with zero attached hydrogens (tertiary/aromatic N) is 3. The molecule has 220 valence electrons. The van der Waals surface area contributed by atoms with Crippen molar-refractivity contribution in [3.63, 3.8) is 0 Å². The summed E-state index contributed by atoms with van der Waals surface area (Å²) in [7, 11) is 0. The number of nitrogens with one attached hydrogen (secondary N) is 1. The molecule has 1 N–H and O–H groups in total. The third-order valence-electron chi connectivity index (χ3n) is 8.27. The summed E-state index contributed by atoms with van der Waals surface area (Å²) in [6.45, 7) is 3.28. The summed E-state index contributed by atoms with van der Waals surface area (Å²) < 4.78 is 35.6. The number of anilines is 1. The van der Waals surface area contributed by atoms with E-state index in [4.69, 9.17) is 11.2 Å². The molecule has 0 saturated carbocycles. The molecule has 43 heavy (non-hydrogen) atoms. The van der Waals surface area contributed by atoms with Gasteiger partial charge in [-0.05, 0) is 48.4 Å². The number of amides is 3. The van der Waals surface area contributed by atoms with Crippen molar-refractivity contribution in [1.29, 1.82) is 0 Å². The third kappa shape index (κ3) is 5.81. The molecule has 0 aromatic heterocycles. The van der Waals surface area contributed by atoms with Crippen LogP contribution in [0.15, 0.2) is 54.6 Å². The van der Waals surface area contributed by atoms with E-state index in [0.717, 1.165) is 0 Å². The molecule has 3 aromatic rings. The number of terminal acetylenes is 1. The van der Waals surface area contributed by atoms with E-state index < -0.39 is 11.9 Å². The van der Waals surface area contributed by atoms with Crippen LogP contribution in [0.3, 0.4) is 0 Å². The number of piperazine rings is 1. The molecule has 8 nitrogen and oxygen atoms in total. The normalized spacial score (nSPS) is 18.8. The summed E-state index contributed by atoms with van der Waals surface area (Å²) in [5.41, 5.74) is 3.35. The first-order valence-electron chi connectivity index (χ1n) is 14.2. The second-order valence-corrected chi connectivity index (χ2v) is 11.0. The number of carbonyl (C=O) groups is 3. The summed E-state index contributed by atoms with van der Waals surface area (Å²) in [6.07, 6.45) is 5.82. The highest BCUT2D eigenvalue weighted by molar-refractivity contribution is 6.05. The second kappa shape index (κ2) is 11.9. The molecule has 0 spiro atoms. The Kier molecular flexibility index (Phi) is 7.82. The smallest absolute Gasteiger partial charge is 0.255 e. The van der Waals surface area contributed by atoms with E-state index in [1.165, 1.54) is 17.0 Å². The standard InChI is InChI=1S/C33H30F2N4O4/c1-2-21-7-9-28(27(35)16-21)38-14-12-37(13-15-38)18-23-8-6-22(17-26(23)34)20-43-30-5-3-4-24-25(30)19-39(33(24)42)29-10-11-31(40)36-32(29)41/h1,3-9,16-17,29H,10-15,18-20H2,(H,36,40,41)/t29-/m0/s1. The van der Waals surface area contributed by atoms with E-state index in [1.54, 1.807) is 36.4 Å². The number of benzene rings is 3. The highest BCUT2D eigenvalue weighted by Crippen LogP contribution is 2.34. The zero-order chi connectivity index (χ0) is 30.1. The van der Waals surface area contributed by atoms with Crippen LogP contribution in [0.2, 0.25) is 0 Å². The lowest BCUT2D eigenvalue weighted by molar-refractivity contribution is -0.136. The van der Waals surface area contributed by atoms with Crippen LogP contribution >= 0.6 is 0 Å². The minimum Gasteiger partial charge on any atom is -0.489 e. The van der Waals surface area contributed by atoms with Crippen molar-refractivity contribution in [3.05, 3.63) is 94.0 Å². The third-order valence-corrected chi connectivity index (χ3v) is 8.27. The fourth-order valence-corrected chi connectivity index (χ4v) is 5.90. The Balaban J connectivity index is 1.05. The van der Waals surface area contributed by atoms with Gasteiger partial charge in [-0.15, -0.1) is 6.42 Å². The van der Waals surface area contributed by atoms with Crippen molar-refractivity contribution in [3.8, 4) is 18.1 Å². The number of rotatable bonds is 7. The van der Waals surface area contributed by atoms with Gasteiger partial charge in [-0.1, -0.05) is 24.1 Å². The van der Waals surface area contributed by atoms with Crippen LogP contribution in [0.4, 0.5) is 14.5 Å². The zero-order valence-electron chi connectivity index (χ0n) is 23.4. The van der Waals surface area contributed by atoms with E-state index in [2.05, 4.69) is 16.1 Å². The van der Waals surface area contributed by atoms with Gasteiger partial charge >= 0.3 is 0 Å². The maximum atomic E-state index is 15.1. The minimum absolute atomic E-state index is 0.100. The molecule has 3 amide bonds. The Labute approximate surface area is 248 Å². The van der Waals surface area contributed by atoms with Crippen molar-refractivity contribution >= 4 is 23.4 Å². The number of hydrogen-bond donors (Lipinski definition) is 1. The lowest BCUT2D eigenvalue weighted by Crippen LogP contribution is -2.52. The van der Waals surface area contributed by atoms with Gasteiger partial charge in [0.15, 0.2) is 0 Å². The Morgan fingerprint density at radius 1 is 0.977 bits per heavy atom. The fraction of sp³-hybridized carbons (Fsp3) is 0.303. The van der Waals surface area contributed by atoms with Crippen LogP contribution in [0, 0.1) is 24.0 Å². The minimum atomic E-state index is -0.711. The van der Waals surface area contributed by atoms with Gasteiger partial charge in [0.2, 0.25) is 11.8 Å². The molecular weight excluding hydrogens is 554 g/mol. The van der Waals surface area contributed by atoms with Crippen LogP contribution in [0.25, 0.3) is 0 Å². The number of imide groups is 1. The molecule has 1 atom stereocenters. The van der Waals surface area contributed by atoms with Gasteiger partial charge in [0, 0.05) is 61.4 Å². The summed E-state index contributed by atoms with van der Waals surface area (Å²) in [5.74, 6) is 1.17. The topological polar surface area (TPSA) is 82.2 Å². The first-order chi connectivity index (χ1) is 20.8. The Morgan fingerprint density at radius 2 is 1.79 bits per heavy atom. The molecule has 0 radical (unpaired) electrons. The number of fused-ring (bicyclic) bond motifs is 1. The van der Waals surface area contributed by atoms with Gasteiger partial charge in [0.25, 0.3) is 5.91 Å². The van der Waals surface area contributed by atoms with Gasteiger partial charge in [0.05, 0.1) is 12.2 Å². The molecule has 3 aliphatic rings. The van der Waals surface area contributed by atoms with Crippen LogP contribution in [0.5, 0.6) is 5.75 Å². The fourth-order valence-electron chi connectivity index (χ4n) is 5.90. The average Bonchev–Trinajstić information content (AvgIpc) is 3.34. The highest BCUT2D eigenvalue weighted by Gasteiger charge is 2.40. The summed E-state index contributed by atoms with van der Waals surface area (Å²) in [6, 6.07) is 14.3. The van der Waals surface area contributed by atoms with E-state index in [9.17, 15) is 18.8 Å². The van der Waals surface area contributed by atoms with E-state index >= 15 is 4.39 Å². The molecule has 3 aromatic carbocycles. The van der Waals surface area contributed by atoms with Crippen molar-refractivity contribution in [2.45, 2.75) is 38.6 Å². The van der Waals surface area contributed by atoms with Crippen molar-refractivity contribution < 1.29 is 27.9 Å². The number of hydrogen-bond acceptors (Lipinski definition) is 6. The van der Waals surface area contributed by atoms with Gasteiger partial charge in [0.1, 0.15) is 30.0 Å². The van der Waals surface area contributed by atoms with Gasteiger partial charge in [-0.25, -0.2) is 8.78 Å². The van der Waals surface area contributed by atoms with Crippen molar-refractivity contribution in [2.24, 2.45) is 0 Å². The zero-order valence-corrected chi connectivity index (χ0v) is 23.4. The van der Waals surface area contributed by atoms with Crippen molar-refractivity contribution in [1.82, 2.24) is 15.1 Å². The summed E-state index contributed by atoms with van der Waals surface area (Å²) in [5, 5.41) is 2.30. The number of piperidine rings is 1. The molecule has 10 heteroatoms. The quantitative estimate of drug-likeness (QED) is 0.338. The van der Waals surface area contributed by atoms with Crippen LogP contribution < -0.4 is 15.0 Å². The highest BCUT2D eigenvalue weighted by atomic mass is 19.1. The molecule has 2 fully saturated rings. The molecular formula is C33H30F2N4O4. The molecule has 3 heterocycles.